The molecule has 2 heteroatoms. The Morgan fingerprint density at radius 1 is 1.31 bits per heavy atom. The quantitative estimate of drug-likeness (QED) is 0.601. The van der Waals surface area contributed by atoms with Gasteiger partial charge in [0.25, 0.3) is 0 Å². The number of halogens is 1. The second-order valence-electron chi connectivity index (χ2n) is 4.43. The Morgan fingerprint density at radius 3 is 2.75 bits per heavy atom. The monoisotopic (exact) mass is 331 g/mol. The number of alkyl halides is 3. The average molecular weight is 331 g/mol. The van der Waals surface area contributed by atoms with Gasteiger partial charge in [0.15, 0.2) is 0 Å². The molecule has 1 fully saturated rings. The van der Waals surface area contributed by atoms with E-state index in [1.165, 1.54) is 36.0 Å². The number of hydrogen-bond donors (Lipinski definition) is 0. The van der Waals surface area contributed by atoms with Crippen LogP contribution in [0.15, 0.2) is 30.3 Å². The molecule has 0 saturated carbocycles. The topological polar surface area (TPSA) is 3.24 Å². The second-order valence-corrected chi connectivity index (χ2v) is 11.4. The summed E-state index contributed by atoms with van der Waals surface area (Å²) >= 11 is -0.637. The van der Waals surface area contributed by atoms with Crippen molar-refractivity contribution in [3.05, 3.63) is 30.3 Å². The van der Waals surface area contributed by atoms with Gasteiger partial charge in [-0.3, -0.25) is 0 Å². The summed E-state index contributed by atoms with van der Waals surface area (Å²) in [6.07, 6.45) is 2.87. The number of piperidine rings is 1. The van der Waals surface area contributed by atoms with Crippen LogP contribution < -0.4 is 4.90 Å². The van der Waals surface area contributed by atoms with Gasteiger partial charge in [0, 0.05) is 0 Å². The van der Waals surface area contributed by atoms with Crippen LogP contribution in [0, 0.1) is 0 Å². The molecule has 0 radical (unpaired) electrons. The zero-order valence-corrected chi connectivity index (χ0v) is 12.5. The van der Waals surface area contributed by atoms with E-state index in [4.69, 9.17) is 0 Å². The van der Waals surface area contributed by atoms with Crippen molar-refractivity contribution >= 4 is 25.5 Å². The number of para-hydroxylation sites is 1. The Labute approximate surface area is 107 Å². The van der Waals surface area contributed by atoms with E-state index in [0.29, 0.717) is 0 Å². The van der Waals surface area contributed by atoms with E-state index in [1.54, 1.807) is 0 Å². The predicted molar refractivity (Wildman–Crippen MR) is 82.2 cm³/mol. The van der Waals surface area contributed by atoms with Crippen molar-refractivity contribution in [3.8, 4) is 0 Å². The number of rotatable bonds is 3. The first-order valence-electron chi connectivity index (χ1n) is 6.15. The molecule has 1 aromatic rings. The molecule has 1 aliphatic rings. The molecule has 90 valence electrons. The third-order valence-corrected chi connectivity index (χ3v) is 9.86. The molecule has 16 heavy (non-hydrogen) atoms. The van der Waals surface area contributed by atoms with Gasteiger partial charge in [-0.05, 0) is 0 Å². The van der Waals surface area contributed by atoms with Crippen LogP contribution in [0.2, 0.25) is 0 Å². The zero-order valence-electron chi connectivity index (χ0n) is 10.3. The summed E-state index contributed by atoms with van der Waals surface area (Å²) in [6.45, 7) is 4.96. The van der Waals surface area contributed by atoms with Crippen LogP contribution in [0.5, 0.6) is 0 Å². The molecule has 0 bridgehead atoms. The molecular formula is C14H22IN. The summed E-state index contributed by atoms with van der Waals surface area (Å²) in [5.41, 5.74) is 1.42. The van der Waals surface area contributed by atoms with Crippen LogP contribution in [-0.2, 0) is 0 Å². The van der Waals surface area contributed by atoms with Crippen molar-refractivity contribution in [2.24, 2.45) is 0 Å². The number of benzene rings is 1. The Kier molecular flexibility index (Phi) is 4.50. The van der Waals surface area contributed by atoms with E-state index in [1.807, 2.05) is 0 Å². The first kappa shape index (κ1) is 12.2. The molecule has 0 aliphatic carbocycles. The van der Waals surface area contributed by atoms with Gasteiger partial charge < -0.3 is 0 Å². The third-order valence-electron chi connectivity index (χ3n) is 3.43. The summed E-state index contributed by atoms with van der Waals surface area (Å²) in [6, 6.07) is 10.9. The summed E-state index contributed by atoms with van der Waals surface area (Å²) in [4.78, 5) is 5.15. The summed E-state index contributed by atoms with van der Waals surface area (Å²) < 4.78 is 2.51. The molecule has 1 saturated heterocycles. The van der Waals surface area contributed by atoms with E-state index in [9.17, 15) is 0 Å². The van der Waals surface area contributed by atoms with Crippen LogP contribution in [0.25, 0.3) is 0 Å². The first-order chi connectivity index (χ1) is 7.81. The SMILES string of the molecule is CCI(C)C1CCCN(c2ccccc2)C1. The molecule has 1 atom stereocenters. The first-order valence-corrected chi connectivity index (χ1v) is 11.1. The predicted octanol–water partition coefficient (Wildman–Crippen LogP) is 3.81. The fourth-order valence-corrected chi connectivity index (χ4v) is 6.22. The molecule has 0 amide bonds. The molecule has 1 heterocycles. The average Bonchev–Trinajstić information content (AvgIpc) is 2.39. The van der Waals surface area contributed by atoms with Crippen LogP contribution in [0.1, 0.15) is 19.8 Å². The normalized spacial score (nSPS) is 22.0. The van der Waals surface area contributed by atoms with Crippen LogP contribution in [0.3, 0.4) is 0 Å². The molecule has 0 N–H and O–H groups in total. The number of nitrogens with zero attached hydrogens (tertiary/aromatic N) is 1. The number of anilines is 1. The molecular weight excluding hydrogens is 309 g/mol. The van der Waals surface area contributed by atoms with Crippen molar-refractivity contribution in [3.63, 3.8) is 0 Å². The minimum absolute atomic E-state index is 0.637. The Morgan fingerprint density at radius 2 is 2.06 bits per heavy atom. The van der Waals surface area contributed by atoms with Gasteiger partial charge in [0.05, 0.1) is 0 Å². The summed E-state index contributed by atoms with van der Waals surface area (Å²) in [7, 11) is 0. The molecule has 2 rings (SSSR count). The Hall–Kier alpha value is -0.250. The second kappa shape index (κ2) is 5.89. The van der Waals surface area contributed by atoms with Gasteiger partial charge in [-0.2, -0.15) is 0 Å². The van der Waals surface area contributed by atoms with Crippen molar-refractivity contribution in [2.45, 2.75) is 23.7 Å². The van der Waals surface area contributed by atoms with Crippen molar-refractivity contribution < 1.29 is 0 Å². The zero-order chi connectivity index (χ0) is 11.4. The van der Waals surface area contributed by atoms with Gasteiger partial charge in [-0.15, -0.1) is 0 Å². The fraction of sp³-hybridized carbons (Fsp3) is 0.571. The van der Waals surface area contributed by atoms with Crippen molar-refractivity contribution in [1.29, 1.82) is 0 Å². The standard InChI is InChI=1S/C14H22IN/c1-3-15(2)13-8-7-11-16(12-13)14-9-5-4-6-10-14/h4-6,9-10,13H,3,7-8,11-12H2,1-2H3. The maximum atomic E-state index is 2.60. The molecule has 0 aromatic heterocycles. The van der Waals surface area contributed by atoms with Gasteiger partial charge in [-0.1, -0.05) is 0 Å². The van der Waals surface area contributed by atoms with Crippen molar-refractivity contribution in [2.75, 3.05) is 27.3 Å². The van der Waals surface area contributed by atoms with E-state index >= 15 is 0 Å². The van der Waals surface area contributed by atoms with Crippen LogP contribution in [-0.4, -0.2) is 26.4 Å². The molecule has 0 spiro atoms. The Bertz CT molecular complexity index is 312. The number of hydrogen-bond acceptors (Lipinski definition) is 1. The van der Waals surface area contributed by atoms with Gasteiger partial charge >= 0.3 is 107 Å². The third kappa shape index (κ3) is 2.90. The van der Waals surface area contributed by atoms with Gasteiger partial charge in [0.2, 0.25) is 0 Å². The van der Waals surface area contributed by atoms with E-state index in [-0.39, 0.29) is 0 Å². The summed E-state index contributed by atoms with van der Waals surface area (Å²) in [5, 5.41) is 0. The van der Waals surface area contributed by atoms with Gasteiger partial charge in [0.1, 0.15) is 0 Å². The van der Waals surface area contributed by atoms with Crippen LogP contribution in [0.4, 0.5) is 5.69 Å². The van der Waals surface area contributed by atoms with E-state index < -0.39 is 19.8 Å². The Balaban J connectivity index is 2.02. The molecule has 1 aromatic carbocycles. The maximum absolute atomic E-state index is 2.60. The van der Waals surface area contributed by atoms with Crippen molar-refractivity contribution in [1.82, 2.24) is 0 Å². The van der Waals surface area contributed by atoms with Crippen LogP contribution >= 0.6 is 19.8 Å². The molecule has 1 unspecified atom stereocenters. The molecule has 1 aliphatic heterocycles. The summed E-state index contributed by atoms with van der Waals surface area (Å²) in [5.74, 6) is 0. The molecule has 1 nitrogen and oxygen atoms in total. The van der Waals surface area contributed by atoms with Gasteiger partial charge in [-0.25, -0.2) is 0 Å². The minimum atomic E-state index is -0.637. The van der Waals surface area contributed by atoms with E-state index in [0.717, 1.165) is 3.92 Å². The fourth-order valence-electron chi connectivity index (χ4n) is 2.32. The van der Waals surface area contributed by atoms with E-state index in [2.05, 4.69) is 47.1 Å².